The highest BCUT2D eigenvalue weighted by molar-refractivity contribution is 6.04. The number of hydrogen-bond donors (Lipinski definition) is 1. The van der Waals surface area contributed by atoms with Crippen molar-refractivity contribution in [2.75, 3.05) is 12.4 Å². The molecule has 1 N–H and O–H groups in total. The second-order valence-corrected chi connectivity index (χ2v) is 4.21. The lowest BCUT2D eigenvalue weighted by Crippen LogP contribution is -2.12. The second kappa shape index (κ2) is 5.97. The van der Waals surface area contributed by atoms with Gasteiger partial charge in [-0.3, -0.25) is 9.78 Å². The molecular formula is C15H14N2O3. The van der Waals surface area contributed by atoms with Crippen molar-refractivity contribution in [2.24, 2.45) is 0 Å². The zero-order valence-electron chi connectivity index (χ0n) is 11.2. The van der Waals surface area contributed by atoms with Crippen LogP contribution in [0.15, 0.2) is 42.6 Å². The van der Waals surface area contributed by atoms with E-state index in [9.17, 15) is 9.59 Å². The third-order valence-corrected chi connectivity index (χ3v) is 2.72. The van der Waals surface area contributed by atoms with Crippen LogP contribution >= 0.6 is 0 Å². The maximum Gasteiger partial charge on any atom is 0.337 e. The minimum absolute atomic E-state index is 0.221. The van der Waals surface area contributed by atoms with Crippen molar-refractivity contribution in [3.63, 3.8) is 0 Å². The highest BCUT2D eigenvalue weighted by atomic mass is 16.5. The van der Waals surface area contributed by atoms with Crippen molar-refractivity contribution in [3.05, 3.63) is 59.4 Å². The predicted molar refractivity (Wildman–Crippen MR) is 74.7 cm³/mol. The van der Waals surface area contributed by atoms with Crippen molar-refractivity contribution >= 4 is 17.6 Å². The third kappa shape index (κ3) is 3.20. The van der Waals surface area contributed by atoms with Gasteiger partial charge in [0.2, 0.25) is 0 Å². The van der Waals surface area contributed by atoms with Gasteiger partial charge in [-0.15, -0.1) is 0 Å². The molecular weight excluding hydrogens is 256 g/mol. The Bertz CT molecular complexity index is 636. The normalized spacial score (nSPS) is 9.90. The predicted octanol–water partition coefficient (Wildman–Crippen LogP) is 2.43. The second-order valence-electron chi connectivity index (χ2n) is 4.21. The highest BCUT2D eigenvalue weighted by Crippen LogP contribution is 2.12. The molecule has 1 amide bonds. The fourth-order valence-corrected chi connectivity index (χ4v) is 1.70. The van der Waals surface area contributed by atoms with Gasteiger partial charge in [-0.1, -0.05) is 0 Å². The van der Waals surface area contributed by atoms with Gasteiger partial charge in [-0.05, 0) is 43.3 Å². The monoisotopic (exact) mass is 270 g/mol. The van der Waals surface area contributed by atoms with Gasteiger partial charge >= 0.3 is 5.97 Å². The molecule has 5 nitrogen and oxygen atoms in total. The zero-order chi connectivity index (χ0) is 14.5. The van der Waals surface area contributed by atoms with Crippen LogP contribution in [0.2, 0.25) is 0 Å². The molecule has 0 radical (unpaired) electrons. The van der Waals surface area contributed by atoms with Gasteiger partial charge in [0, 0.05) is 23.1 Å². The zero-order valence-corrected chi connectivity index (χ0v) is 11.2. The van der Waals surface area contributed by atoms with E-state index >= 15 is 0 Å². The highest BCUT2D eigenvalue weighted by Gasteiger charge is 2.08. The van der Waals surface area contributed by atoms with Crippen molar-refractivity contribution in [3.8, 4) is 0 Å². The van der Waals surface area contributed by atoms with E-state index < -0.39 is 5.97 Å². The lowest BCUT2D eigenvalue weighted by atomic mass is 10.2. The number of esters is 1. The molecule has 0 bridgehead atoms. The molecule has 1 aromatic heterocycles. The van der Waals surface area contributed by atoms with Gasteiger partial charge in [-0.25, -0.2) is 4.79 Å². The largest absolute Gasteiger partial charge is 0.465 e. The van der Waals surface area contributed by atoms with E-state index in [1.54, 1.807) is 42.6 Å². The van der Waals surface area contributed by atoms with Crippen molar-refractivity contribution in [1.29, 1.82) is 0 Å². The molecule has 0 fully saturated rings. The van der Waals surface area contributed by atoms with Gasteiger partial charge in [-0.2, -0.15) is 0 Å². The van der Waals surface area contributed by atoms with Crippen molar-refractivity contribution in [2.45, 2.75) is 6.92 Å². The molecule has 20 heavy (non-hydrogen) atoms. The number of carbonyl (C=O) groups excluding carboxylic acids is 2. The summed E-state index contributed by atoms with van der Waals surface area (Å²) in [6.07, 6.45) is 1.59. The number of rotatable bonds is 3. The van der Waals surface area contributed by atoms with E-state index in [0.29, 0.717) is 16.8 Å². The lowest BCUT2D eigenvalue weighted by molar-refractivity contribution is 0.0600. The first-order chi connectivity index (χ1) is 9.60. The average Bonchev–Trinajstić information content (AvgIpc) is 2.47. The molecule has 0 aliphatic carbocycles. The van der Waals surface area contributed by atoms with E-state index in [0.717, 1.165) is 5.69 Å². The maximum atomic E-state index is 12.0. The minimum atomic E-state index is -0.410. The first kappa shape index (κ1) is 13.7. The Kier molecular flexibility index (Phi) is 4.10. The molecule has 2 aromatic rings. The van der Waals surface area contributed by atoms with E-state index in [4.69, 9.17) is 0 Å². The minimum Gasteiger partial charge on any atom is -0.465 e. The first-order valence-electron chi connectivity index (χ1n) is 6.02. The van der Waals surface area contributed by atoms with E-state index in [1.807, 2.05) is 6.92 Å². The average molecular weight is 270 g/mol. The number of nitrogens with one attached hydrogen (secondary N) is 1. The van der Waals surface area contributed by atoms with Crippen LogP contribution in [-0.4, -0.2) is 24.0 Å². The van der Waals surface area contributed by atoms with Crippen LogP contribution < -0.4 is 5.32 Å². The number of ether oxygens (including phenoxy) is 1. The molecule has 1 heterocycles. The standard InChI is InChI=1S/C15H14N2O3/c1-10-9-12(7-8-16-10)14(18)17-13-5-3-11(4-6-13)15(19)20-2/h3-9H,1-2H3,(H,17,18). The van der Waals surface area contributed by atoms with Gasteiger partial charge in [0.1, 0.15) is 0 Å². The lowest BCUT2D eigenvalue weighted by Gasteiger charge is -2.06. The van der Waals surface area contributed by atoms with E-state index in [1.165, 1.54) is 7.11 Å². The van der Waals surface area contributed by atoms with Crippen molar-refractivity contribution < 1.29 is 14.3 Å². The topological polar surface area (TPSA) is 68.3 Å². The Morgan fingerprint density at radius 2 is 1.80 bits per heavy atom. The number of hydrogen-bond acceptors (Lipinski definition) is 4. The number of aryl methyl sites for hydroxylation is 1. The molecule has 0 aliphatic rings. The molecule has 1 aromatic carbocycles. The summed E-state index contributed by atoms with van der Waals surface area (Å²) in [6, 6.07) is 9.85. The van der Waals surface area contributed by atoms with Gasteiger partial charge in [0.05, 0.1) is 12.7 Å². The Hall–Kier alpha value is -2.69. The number of amides is 1. The SMILES string of the molecule is COC(=O)c1ccc(NC(=O)c2ccnc(C)c2)cc1. The van der Waals surface area contributed by atoms with Crippen LogP contribution in [0.5, 0.6) is 0 Å². The quantitative estimate of drug-likeness (QED) is 0.870. The number of aromatic nitrogens is 1. The van der Waals surface area contributed by atoms with E-state index in [2.05, 4.69) is 15.0 Å². The Labute approximate surface area is 116 Å². The molecule has 0 unspecified atom stereocenters. The molecule has 0 saturated heterocycles. The van der Waals surface area contributed by atoms with Crippen LogP contribution in [0, 0.1) is 6.92 Å². The number of anilines is 1. The summed E-state index contributed by atoms with van der Waals surface area (Å²) in [4.78, 5) is 27.3. The fraction of sp³-hybridized carbons (Fsp3) is 0.133. The third-order valence-electron chi connectivity index (χ3n) is 2.72. The summed E-state index contributed by atoms with van der Waals surface area (Å²) < 4.78 is 4.61. The molecule has 0 saturated carbocycles. The molecule has 0 aliphatic heterocycles. The number of pyridine rings is 1. The summed E-state index contributed by atoms with van der Waals surface area (Å²) >= 11 is 0. The Morgan fingerprint density at radius 1 is 1.10 bits per heavy atom. The Balaban J connectivity index is 2.10. The van der Waals surface area contributed by atoms with Crippen LogP contribution in [0.3, 0.4) is 0 Å². The summed E-state index contributed by atoms with van der Waals surface area (Å²) in [7, 11) is 1.32. The molecule has 102 valence electrons. The van der Waals surface area contributed by atoms with Crippen molar-refractivity contribution in [1.82, 2.24) is 4.98 Å². The van der Waals surface area contributed by atoms with E-state index in [-0.39, 0.29) is 5.91 Å². The Morgan fingerprint density at radius 3 is 2.40 bits per heavy atom. The smallest absolute Gasteiger partial charge is 0.337 e. The number of methoxy groups -OCH3 is 1. The summed E-state index contributed by atoms with van der Waals surface area (Å²) in [6.45, 7) is 1.82. The van der Waals surface area contributed by atoms with Crippen LogP contribution in [-0.2, 0) is 4.74 Å². The summed E-state index contributed by atoms with van der Waals surface area (Å²) in [5.74, 6) is -0.631. The summed E-state index contributed by atoms with van der Waals surface area (Å²) in [5, 5.41) is 2.75. The number of carbonyl (C=O) groups is 2. The summed E-state index contributed by atoms with van der Waals surface area (Å²) in [5.41, 5.74) is 2.36. The number of nitrogens with zero attached hydrogens (tertiary/aromatic N) is 1. The van der Waals surface area contributed by atoms with Crippen LogP contribution in [0.4, 0.5) is 5.69 Å². The van der Waals surface area contributed by atoms with Gasteiger partial charge in [0.15, 0.2) is 0 Å². The molecule has 0 atom stereocenters. The molecule has 0 spiro atoms. The van der Waals surface area contributed by atoms with Crippen LogP contribution in [0.1, 0.15) is 26.4 Å². The first-order valence-corrected chi connectivity index (χ1v) is 6.02. The number of benzene rings is 1. The maximum absolute atomic E-state index is 12.0. The van der Waals surface area contributed by atoms with Gasteiger partial charge in [0.25, 0.3) is 5.91 Å². The van der Waals surface area contributed by atoms with Gasteiger partial charge < -0.3 is 10.1 Å². The fourth-order valence-electron chi connectivity index (χ4n) is 1.70. The van der Waals surface area contributed by atoms with Crippen LogP contribution in [0.25, 0.3) is 0 Å². The molecule has 5 heteroatoms. The molecule has 2 rings (SSSR count).